The standard InChI is InChI=1S/C21H23N3O4S/c25-20(22-14-8-1-2-9-15-22)16-23-18-12-6-7-13-19(18)24(21(23)26)29(27,28)17-10-4-3-5-11-17/h3-7,10-13H,1-2,8-9,14-16H2. The summed E-state index contributed by atoms with van der Waals surface area (Å²) in [6.45, 7) is 1.18. The van der Waals surface area contributed by atoms with Crippen LogP contribution in [0.5, 0.6) is 0 Å². The number of benzene rings is 2. The van der Waals surface area contributed by atoms with E-state index in [9.17, 15) is 18.0 Å². The number of carbonyl (C=O) groups excluding carboxylic acids is 1. The number of aromatic nitrogens is 2. The maximum Gasteiger partial charge on any atom is 0.343 e. The minimum absolute atomic E-state index is 0.0313. The largest absolute Gasteiger partial charge is 0.343 e. The molecular weight excluding hydrogens is 390 g/mol. The first-order chi connectivity index (χ1) is 14.0. The molecule has 2 aromatic carbocycles. The predicted octanol–water partition coefficient (Wildman–Crippen LogP) is 2.44. The summed E-state index contributed by atoms with van der Waals surface area (Å²) in [5, 5.41) is 0. The van der Waals surface area contributed by atoms with E-state index in [0.717, 1.165) is 29.7 Å². The van der Waals surface area contributed by atoms with Crippen LogP contribution in [0, 0.1) is 0 Å². The Bertz CT molecular complexity index is 1190. The second kappa shape index (κ2) is 7.87. The highest BCUT2D eigenvalue weighted by Crippen LogP contribution is 2.20. The summed E-state index contributed by atoms with van der Waals surface area (Å²) in [6, 6.07) is 14.5. The quantitative estimate of drug-likeness (QED) is 0.658. The molecule has 0 aliphatic carbocycles. The molecule has 0 bridgehead atoms. The first kappa shape index (κ1) is 19.4. The van der Waals surface area contributed by atoms with Gasteiger partial charge in [0.05, 0.1) is 15.9 Å². The Morgan fingerprint density at radius 3 is 2.07 bits per heavy atom. The third-order valence-corrected chi connectivity index (χ3v) is 7.03. The number of likely N-dealkylation sites (tertiary alicyclic amines) is 1. The number of hydrogen-bond donors (Lipinski definition) is 0. The maximum absolute atomic E-state index is 13.2. The molecule has 1 aromatic heterocycles. The third kappa shape index (κ3) is 3.60. The van der Waals surface area contributed by atoms with Gasteiger partial charge in [-0.25, -0.2) is 13.2 Å². The van der Waals surface area contributed by atoms with E-state index in [1.165, 1.54) is 16.7 Å². The Morgan fingerprint density at radius 1 is 0.828 bits per heavy atom. The highest BCUT2D eigenvalue weighted by molar-refractivity contribution is 7.90. The van der Waals surface area contributed by atoms with Crippen LogP contribution in [0.25, 0.3) is 11.0 Å². The molecular formula is C21H23N3O4S. The van der Waals surface area contributed by atoms with Gasteiger partial charge in [0.2, 0.25) is 5.91 Å². The zero-order valence-corrected chi connectivity index (χ0v) is 16.8. The fourth-order valence-corrected chi connectivity index (χ4v) is 5.25. The van der Waals surface area contributed by atoms with Gasteiger partial charge in [0, 0.05) is 13.1 Å². The molecule has 0 atom stereocenters. The number of para-hydroxylation sites is 2. The molecule has 1 fully saturated rings. The Kier molecular flexibility index (Phi) is 5.27. The minimum atomic E-state index is -4.08. The van der Waals surface area contributed by atoms with Crippen molar-refractivity contribution in [2.24, 2.45) is 0 Å². The van der Waals surface area contributed by atoms with E-state index in [2.05, 4.69) is 0 Å². The first-order valence-electron chi connectivity index (χ1n) is 9.79. The normalized spacial score (nSPS) is 15.4. The molecule has 0 saturated carbocycles. The van der Waals surface area contributed by atoms with Crippen LogP contribution in [-0.2, 0) is 21.4 Å². The number of rotatable bonds is 4. The van der Waals surface area contributed by atoms with E-state index in [1.807, 2.05) is 0 Å². The number of amides is 1. The minimum Gasteiger partial charge on any atom is -0.341 e. The van der Waals surface area contributed by atoms with Gasteiger partial charge in [-0.15, -0.1) is 0 Å². The number of fused-ring (bicyclic) bond motifs is 1. The van der Waals surface area contributed by atoms with Crippen molar-refractivity contribution < 1.29 is 13.2 Å². The molecule has 0 radical (unpaired) electrons. The smallest absolute Gasteiger partial charge is 0.341 e. The van der Waals surface area contributed by atoms with E-state index in [0.29, 0.717) is 18.6 Å². The molecule has 1 aliphatic heterocycles. The second-order valence-electron chi connectivity index (χ2n) is 7.23. The van der Waals surface area contributed by atoms with E-state index < -0.39 is 15.7 Å². The van der Waals surface area contributed by atoms with Gasteiger partial charge in [-0.1, -0.05) is 43.2 Å². The lowest BCUT2D eigenvalue weighted by molar-refractivity contribution is -0.131. The fraction of sp³-hybridized carbons (Fsp3) is 0.333. The van der Waals surface area contributed by atoms with Crippen LogP contribution in [-0.4, -0.2) is 40.9 Å². The van der Waals surface area contributed by atoms with Gasteiger partial charge in [0.25, 0.3) is 10.0 Å². The van der Waals surface area contributed by atoms with Gasteiger partial charge in [0.15, 0.2) is 0 Å². The molecule has 0 unspecified atom stereocenters. The maximum atomic E-state index is 13.2. The van der Waals surface area contributed by atoms with Crippen molar-refractivity contribution in [2.45, 2.75) is 37.1 Å². The monoisotopic (exact) mass is 413 g/mol. The molecule has 1 amide bonds. The predicted molar refractivity (Wildman–Crippen MR) is 110 cm³/mol. The summed E-state index contributed by atoms with van der Waals surface area (Å²) >= 11 is 0. The molecule has 0 spiro atoms. The van der Waals surface area contributed by atoms with Gasteiger partial charge < -0.3 is 4.90 Å². The summed E-state index contributed by atoms with van der Waals surface area (Å²) in [5.74, 6) is -0.158. The van der Waals surface area contributed by atoms with Crippen LogP contribution < -0.4 is 5.69 Å². The summed E-state index contributed by atoms with van der Waals surface area (Å²) in [4.78, 5) is 27.8. The molecule has 4 rings (SSSR count). The summed E-state index contributed by atoms with van der Waals surface area (Å²) in [6.07, 6.45) is 4.09. The van der Waals surface area contributed by atoms with Gasteiger partial charge >= 0.3 is 5.69 Å². The van der Waals surface area contributed by atoms with Gasteiger partial charge in [-0.2, -0.15) is 3.97 Å². The summed E-state index contributed by atoms with van der Waals surface area (Å²) in [7, 11) is -4.08. The summed E-state index contributed by atoms with van der Waals surface area (Å²) in [5.41, 5.74) is -0.0246. The van der Waals surface area contributed by atoms with E-state index in [-0.39, 0.29) is 22.9 Å². The molecule has 8 heteroatoms. The van der Waals surface area contributed by atoms with Crippen LogP contribution in [0.15, 0.2) is 64.3 Å². The second-order valence-corrected chi connectivity index (χ2v) is 9.02. The van der Waals surface area contributed by atoms with Crippen LogP contribution in [0.1, 0.15) is 25.7 Å². The number of hydrogen-bond acceptors (Lipinski definition) is 4. The van der Waals surface area contributed by atoms with Crippen LogP contribution >= 0.6 is 0 Å². The van der Waals surface area contributed by atoms with Crippen LogP contribution in [0.4, 0.5) is 0 Å². The van der Waals surface area contributed by atoms with Crippen molar-refractivity contribution in [3.63, 3.8) is 0 Å². The molecule has 3 aromatic rings. The van der Waals surface area contributed by atoms with Gasteiger partial charge in [0.1, 0.15) is 6.54 Å². The van der Waals surface area contributed by atoms with E-state index in [1.54, 1.807) is 47.4 Å². The number of imidazole rings is 1. The van der Waals surface area contributed by atoms with Crippen molar-refractivity contribution in [3.8, 4) is 0 Å². The average Bonchev–Trinajstić information content (AvgIpc) is 2.90. The summed E-state index contributed by atoms with van der Waals surface area (Å²) < 4.78 is 28.4. The molecule has 2 heterocycles. The number of carbonyl (C=O) groups is 1. The van der Waals surface area contributed by atoms with Crippen molar-refractivity contribution in [2.75, 3.05) is 13.1 Å². The van der Waals surface area contributed by atoms with Gasteiger partial charge in [-0.3, -0.25) is 9.36 Å². The SMILES string of the molecule is O=C(Cn1c(=O)n(S(=O)(=O)c2ccccc2)c2ccccc21)N1CCCCCC1. The Balaban J connectivity index is 1.80. The molecule has 7 nitrogen and oxygen atoms in total. The number of nitrogens with zero attached hydrogens (tertiary/aromatic N) is 3. The van der Waals surface area contributed by atoms with E-state index in [4.69, 9.17) is 0 Å². The highest BCUT2D eigenvalue weighted by atomic mass is 32.2. The molecule has 0 N–H and O–H groups in total. The Morgan fingerprint density at radius 2 is 1.41 bits per heavy atom. The molecule has 29 heavy (non-hydrogen) atoms. The third-order valence-electron chi connectivity index (χ3n) is 5.33. The topological polar surface area (TPSA) is 81.4 Å². The highest BCUT2D eigenvalue weighted by Gasteiger charge is 2.26. The van der Waals surface area contributed by atoms with Crippen LogP contribution in [0.3, 0.4) is 0 Å². The van der Waals surface area contributed by atoms with Gasteiger partial charge in [-0.05, 0) is 37.1 Å². The average molecular weight is 413 g/mol. The zero-order valence-electron chi connectivity index (χ0n) is 16.0. The fourth-order valence-electron chi connectivity index (χ4n) is 3.82. The molecule has 1 aliphatic rings. The van der Waals surface area contributed by atoms with Crippen LogP contribution in [0.2, 0.25) is 0 Å². The molecule has 152 valence electrons. The van der Waals surface area contributed by atoms with Crippen molar-refractivity contribution in [1.29, 1.82) is 0 Å². The van der Waals surface area contributed by atoms with E-state index >= 15 is 0 Å². The molecule has 1 saturated heterocycles. The lowest BCUT2D eigenvalue weighted by Crippen LogP contribution is -2.38. The zero-order chi connectivity index (χ0) is 20.4. The first-order valence-corrected chi connectivity index (χ1v) is 11.2. The van der Waals surface area contributed by atoms with Crippen molar-refractivity contribution in [1.82, 2.24) is 13.4 Å². The Labute approximate surface area is 169 Å². The van der Waals surface area contributed by atoms with Crippen molar-refractivity contribution >= 4 is 27.0 Å². The lowest BCUT2D eigenvalue weighted by Gasteiger charge is -2.20. The van der Waals surface area contributed by atoms with Crippen molar-refractivity contribution in [3.05, 3.63) is 65.1 Å². The Hall–Kier alpha value is -2.87. The lowest BCUT2D eigenvalue weighted by atomic mass is 10.2.